The highest BCUT2D eigenvalue weighted by Gasteiger charge is 2.55. The average Bonchev–Trinajstić information content (AvgIpc) is 3.72. The van der Waals surface area contributed by atoms with Gasteiger partial charge in [-0.15, -0.1) is 0 Å². The van der Waals surface area contributed by atoms with Gasteiger partial charge in [-0.05, 0) is 144 Å². The third-order valence-corrected chi connectivity index (χ3v) is 13.5. The number of aliphatic imine (C=N–C) groups is 1. The molecule has 0 bridgehead atoms. The summed E-state index contributed by atoms with van der Waals surface area (Å²) in [5.74, 6) is 3.03. The predicted octanol–water partition coefficient (Wildman–Crippen LogP) is 13.6. The monoisotopic (exact) mass is 743 g/mol. The van der Waals surface area contributed by atoms with Gasteiger partial charge in [0.2, 0.25) is 5.90 Å². The van der Waals surface area contributed by atoms with Gasteiger partial charge in [0.15, 0.2) is 0 Å². The van der Waals surface area contributed by atoms with Crippen LogP contribution in [0.1, 0.15) is 146 Å². The molecule has 0 amide bonds. The number of rotatable bonds is 6. The van der Waals surface area contributed by atoms with Gasteiger partial charge in [-0.1, -0.05) is 86.6 Å². The van der Waals surface area contributed by atoms with E-state index < -0.39 is 0 Å². The van der Waals surface area contributed by atoms with E-state index in [1.165, 1.54) is 49.7 Å². The molecule has 9 rings (SSSR count). The molecule has 5 heteroatoms. The van der Waals surface area contributed by atoms with Crippen LogP contribution in [0.5, 0.6) is 11.5 Å². The van der Waals surface area contributed by atoms with Gasteiger partial charge in [-0.25, -0.2) is 9.98 Å². The normalized spacial score (nSPS) is 21.1. The summed E-state index contributed by atoms with van der Waals surface area (Å²) in [6, 6.07) is 27.1. The largest absolute Gasteiger partial charge is 0.469 e. The molecule has 288 valence electrons. The summed E-state index contributed by atoms with van der Waals surface area (Å²) in [6.07, 6.45) is 5.09. The van der Waals surface area contributed by atoms with Crippen LogP contribution in [-0.4, -0.2) is 26.6 Å². The number of hydrogen-bond acceptors (Lipinski definition) is 4. The quantitative estimate of drug-likeness (QED) is 0.171. The second-order valence-corrected chi connectivity index (χ2v) is 19.5. The summed E-state index contributed by atoms with van der Waals surface area (Å²) in [6.45, 7) is 27.5. The number of benzene rings is 4. The number of ether oxygens (including phenoxy) is 2. The highest BCUT2D eigenvalue weighted by Crippen LogP contribution is 2.52. The maximum Gasteiger partial charge on any atom is 0.217 e. The van der Waals surface area contributed by atoms with E-state index >= 15 is 0 Å². The van der Waals surface area contributed by atoms with E-state index in [1.807, 2.05) is 6.20 Å². The molecule has 1 fully saturated rings. The molecule has 4 heterocycles. The Bertz CT molecular complexity index is 2610. The van der Waals surface area contributed by atoms with Crippen molar-refractivity contribution in [3.05, 3.63) is 118 Å². The molecule has 0 unspecified atom stereocenters. The van der Waals surface area contributed by atoms with Gasteiger partial charge in [-0.3, -0.25) is 4.57 Å². The van der Waals surface area contributed by atoms with Crippen LogP contribution in [0.2, 0.25) is 0 Å². The number of aryl methyl sites for hydroxylation is 1. The molecule has 1 aliphatic carbocycles. The molecule has 0 spiro atoms. The van der Waals surface area contributed by atoms with Crippen LogP contribution in [0.3, 0.4) is 0 Å². The van der Waals surface area contributed by atoms with Crippen molar-refractivity contribution in [2.24, 2.45) is 4.99 Å². The van der Waals surface area contributed by atoms with Crippen molar-refractivity contribution in [3.8, 4) is 28.3 Å². The van der Waals surface area contributed by atoms with Crippen molar-refractivity contribution in [2.45, 2.75) is 136 Å². The number of fused-ring (bicyclic) bond motifs is 6. The molecule has 2 aliphatic heterocycles. The van der Waals surface area contributed by atoms with Gasteiger partial charge in [0.05, 0.1) is 11.2 Å². The van der Waals surface area contributed by atoms with E-state index in [4.69, 9.17) is 19.5 Å². The minimum Gasteiger partial charge on any atom is -0.469 e. The molecule has 2 aromatic heterocycles. The number of pyridine rings is 1. The van der Waals surface area contributed by atoms with Gasteiger partial charge in [0, 0.05) is 34.0 Å². The first-order valence-corrected chi connectivity index (χ1v) is 20.8. The minimum absolute atomic E-state index is 0.00756. The molecule has 5 nitrogen and oxygen atoms in total. The number of hydrogen-bond donors (Lipinski definition) is 0. The molecule has 56 heavy (non-hydrogen) atoms. The molecular weight excluding hydrogens is 687 g/mol. The molecular formula is C51H57N3O2. The molecule has 0 radical (unpaired) electrons. The summed E-state index contributed by atoms with van der Waals surface area (Å²) in [7, 11) is 0. The van der Waals surface area contributed by atoms with Gasteiger partial charge >= 0.3 is 0 Å². The maximum absolute atomic E-state index is 7.14. The summed E-state index contributed by atoms with van der Waals surface area (Å²) < 4.78 is 16.4. The standard InChI is InChI=1S/C51H57N3O2/c1-29(2)36-16-13-17-37(30(3)4)44(36)32-23-33(47-53-50(11)19-15-20-51(50,12)56-47)25-35(24-32)55-43-28-42-40(22-31(43)5)49(9,10)41-27-34(48(6,7)8)26-39-38-18-14-21-52-46(38)54(42)45(39)41/h13-14,16-18,21-30H,15,19-20H2,1-12H3/t50-,51+/m1/s1. The number of nitrogens with zero attached hydrogens (tertiary/aromatic N) is 3. The fourth-order valence-corrected chi connectivity index (χ4v) is 9.89. The van der Waals surface area contributed by atoms with E-state index in [1.54, 1.807) is 0 Å². The molecule has 1 saturated carbocycles. The zero-order chi connectivity index (χ0) is 39.7. The highest BCUT2D eigenvalue weighted by molar-refractivity contribution is 6.10. The summed E-state index contributed by atoms with van der Waals surface area (Å²) in [5, 5.41) is 2.43. The van der Waals surface area contributed by atoms with E-state index in [2.05, 4.69) is 160 Å². The van der Waals surface area contributed by atoms with Gasteiger partial charge < -0.3 is 9.47 Å². The Balaban J connectivity index is 1.25. The first kappa shape index (κ1) is 36.7. The first-order chi connectivity index (χ1) is 26.4. The maximum atomic E-state index is 7.14. The lowest BCUT2D eigenvalue weighted by Crippen LogP contribution is -2.41. The van der Waals surface area contributed by atoms with E-state index in [-0.39, 0.29) is 22.0 Å². The second kappa shape index (κ2) is 12.3. The van der Waals surface area contributed by atoms with Crippen LogP contribution in [0.25, 0.3) is 38.8 Å². The molecule has 0 N–H and O–H groups in total. The third-order valence-electron chi connectivity index (χ3n) is 13.5. The summed E-state index contributed by atoms with van der Waals surface area (Å²) in [5.41, 5.74) is 13.6. The lowest BCUT2D eigenvalue weighted by molar-refractivity contribution is 0.0580. The van der Waals surface area contributed by atoms with E-state index in [9.17, 15) is 0 Å². The van der Waals surface area contributed by atoms with Crippen molar-refractivity contribution in [2.75, 3.05) is 0 Å². The number of aromatic nitrogens is 2. The Morgan fingerprint density at radius 2 is 1.50 bits per heavy atom. The smallest absolute Gasteiger partial charge is 0.217 e. The van der Waals surface area contributed by atoms with Crippen molar-refractivity contribution >= 4 is 27.8 Å². The Morgan fingerprint density at radius 1 is 0.786 bits per heavy atom. The van der Waals surface area contributed by atoms with E-state index in [0.29, 0.717) is 11.8 Å². The Morgan fingerprint density at radius 3 is 2.18 bits per heavy atom. The van der Waals surface area contributed by atoms with Crippen molar-refractivity contribution in [1.82, 2.24) is 9.55 Å². The lowest BCUT2D eigenvalue weighted by Gasteiger charge is -2.36. The van der Waals surface area contributed by atoms with Crippen molar-refractivity contribution < 1.29 is 9.47 Å². The van der Waals surface area contributed by atoms with Crippen LogP contribution in [0.15, 0.2) is 84.0 Å². The Labute approximate surface area is 333 Å². The first-order valence-electron chi connectivity index (χ1n) is 20.8. The zero-order valence-electron chi connectivity index (χ0n) is 35.4. The molecule has 4 aromatic carbocycles. The lowest BCUT2D eigenvalue weighted by atomic mass is 9.72. The molecule has 3 aliphatic rings. The molecule has 0 saturated heterocycles. The van der Waals surface area contributed by atoms with Crippen LogP contribution in [0, 0.1) is 6.92 Å². The molecule has 6 aromatic rings. The van der Waals surface area contributed by atoms with Gasteiger partial charge in [-0.2, -0.15) is 0 Å². The highest BCUT2D eigenvalue weighted by atomic mass is 16.5. The average molecular weight is 744 g/mol. The van der Waals surface area contributed by atoms with Crippen molar-refractivity contribution in [1.29, 1.82) is 0 Å². The fraction of sp³-hybridized carbons (Fsp3) is 0.412. The van der Waals surface area contributed by atoms with Crippen LogP contribution >= 0.6 is 0 Å². The van der Waals surface area contributed by atoms with Gasteiger partial charge in [0.1, 0.15) is 28.3 Å². The second-order valence-electron chi connectivity index (χ2n) is 19.5. The van der Waals surface area contributed by atoms with Crippen LogP contribution in [0.4, 0.5) is 0 Å². The predicted molar refractivity (Wildman–Crippen MR) is 233 cm³/mol. The minimum atomic E-state index is -0.303. The summed E-state index contributed by atoms with van der Waals surface area (Å²) >= 11 is 0. The van der Waals surface area contributed by atoms with Gasteiger partial charge in [0.25, 0.3) is 0 Å². The SMILES string of the molecule is Cc1cc2c(cc1Oc1cc(C3=N[C@]4(C)CCC[C@]4(C)O3)cc(-c3c(C(C)C)cccc3C(C)C)c1)-n1c3ncccc3c3cc(C(C)(C)C)cc(c31)C2(C)C. The Kier molecular flexibility index (Phi) is 8.06. The van der Waals surface area contributed by atoms with Crippen LogP contribution < -0.4 is 4.74 Å². The topological polar surface area (TPSA) is 48.6 Å². The summed E-state index contributed by atoms with van der Waals surface area (Å²) in [4.78, 5) is 10.3. The Hall–Kier alpha value is -4.90. The molecule has 2 atom stereocenters. The zero-order valence-corrected chi connectivity index (χ0v) is 35.4. The van der Waals surface area contributed by atoms with E-state index in [0.717, 1.165) is 64.7 Å². The van der Waals surface area contributed by atoms with Crippen molar-refractivity contribution in [3.63, 3.8) is 0 Å². The fourth-order valence-electron chi connectivity index (χ4n) is 9.89. The van der Waals surface area contributed by atoms with Crippen LogP contribution in [-0.2, 0) is 15.6 Å². The third kappa shape index (κ3) is 5.40.